The van der Waals surface area contributed by atoms with E-state index >= 15 is 0 Å². The van der Waals surface area contributed by atoms with Crippen LogP contribution in [0.15, 0.2) is 54.6 Å². The van der Waals surface area contributed by atoms with Crippen molar-refractivity contribution in [3.8, 4) is 34.5 Å². The number of rotatable bonds is 21. The summed E-state index contributed by atoms with van der Waals surface area (Å²) in [6, 6.07) is 15.6. The van der Waals surface area contributed by atoms with Crippen molar-refractivity contribution in [2.75, 3.05) is 89.5 Å². The van der Waals surface area contributed by atoms with Gasteiger partial charge in [0, 0.05) is 49.8 Å². The lowest BCUT2D eigenvalue weighted by molar-refractivity contribution is -0.943. The molecule has 8 atom stereocenters. The molecule has 65 heavy (non-hydrogen) atoms. The number of carbonyl (C=O) groups is 1. The highest BCUT2D eigenvalue weighted by atomic mass is 127. The number of hydrogen-bond acceptors (Lipinski definition) is 9. The Morgan fingerprint density at radius 1 is 0.708 bits per heavy atom. The van der Waals surface area contributed by atoms with Crippen molar-refractivity contribution in [2.24, 2.45) is 5.92 Å². The van der Waals surface area contributed by atoms with Crippen LogP contribution in [0, 0.1) is 5.92 Å². The van der Waals surface area contributed by atoms with Gasteiger partial charge in [-0.2, -0.15) is 0 Å². The summed E-state index contributed by atoms with van der Waals surface area (Å²) >= 11 is 0. The van der Waals surface area contributed by atoms with E-state index in [0.29, 0.717) is 25.0 Å². The Morgan fingerprint density at radius 3 is 2.08 bits per heavy atom. The molecule has 1 fully saturated rings. The summed E-state index contributed by atoms with van der Waals surface area (Å²) in [5, 5.41) is 0. The molecule has 3 aromatic rings. The van der Waals surface area contributed by atoms with Gasteiger partial charge in [-0.05, 0) is 66.3 Å². The molecule has 13 heteroatoms. The summed E-state index contributed by atoms with van der Waals surface area (Å²) in [5.74, 6) is 5.04. The average molecular weight is 1120 g/mol. The zero-order chi connectivity index (χ0) is 44.4. The number of benzene rings is 3. The Kier molecular flexibility index (Phi) is 17.4. The van der Waals surface area contributed by atoms with E-state index in [1.54, 1.807) is 42.7 Å². The fourth-order valence-electron chi connectivity index (χ4n) is 12.3. The first kappa shape index (κ1) is 51.4. The molecule has 8 rings (SSSR count). The first-order chi connectivity index (χ1) is 30.6. The van der Waals surface area contributed by atoms with Crippen molar-refractivity contribution in [1.82, 2.24) is 0 Å². The standard InChI is InChI=1S/C52H72N2O9.2HI/c1-53(26-22-36-33-46(60-7)47(61-8)34-38(36)40(53)30-35-16-19-42(56-3)45(31-35)59-6)25-14-12-10-9-11-13-15-29-62-48(55)23-27-54(2)28-24-52-39-18-21-44(58-5)51(52)63-50-43(57-4)20-17-37(49(50)52)32-41(39)54;;/h16-21,31,33-34,39-41,44,51H,9-15,22-30,32H2,1-8H3;2*1H/q+2;;/p-2/t39?,40-,41-,44+,51+,52+,53?,54?;;/m1../s1. The smallest absolute Gasteiger partial charge is 0.311 e. The van der Waals surface area contributed by atoms with E-state index in [-0.39, 0.29) is 77.6 Å². The monoisotopic (exact) mass is 1120 g/mol. The van der Waals surface area contributed by atoms with E-state index in [1.807, 2.05) is 6.07 Å². The number of methoxy groups -OCH3 is 6. The third-order valence-corrected chi connectivity index (χ3v) is 15.9. The maximum absolute atomic E-state index is 13.1. The van der Waals surface area contributed by atoms with Gasteiger partial charge in [0.1, 0.15) is 24.3 Å². The largest absolute Gasteiger partial charge is 1.00 e. The van der Waals surface area contributed by atoms with Crippen LogP contribution in [0.25, 0.3) is 0 Å². The lowest BCUT2D eigenvalue weighted by Gasteiger charge is -2.60. The van der Waals surface area contributed by atoms with Crippen LogP contribution < -0.4 is 76.4 Å². The van der Waals surface area contributed by atoms with E-state index in [0.717, 1.165) is 115 Å². The van der Waals surface area contributed by atoms with Crippen molar-refractivity contribution in [2.45, 2.75) is 107 Å². The highest BCUT2D eigenvalue weighted by Gasteiger charge is 2.68. The molecule has 2 bridgehead atoms. The van der Waals surface area contributed by atoms with Gasteiger partial charge in [0.05, 0.1) is 94.3 Å². The number of fused-ring (bicyclic) bond motifs is 1. The molecule has 358 valence electrons. The molecule has 0 radical (unpaired) electrons. The number of nitrogens with zero attached hydrogens (tertiary/aromatic N) is 2. The molecule has 3 heterocycles. The van der Waals surface area contributed by atoms with Crippen LogP contribution in [-0.2, 0) is 38.9 Å². The number of carbonyl (C=O) groups excluding carboxylic acids is 1. The van der Waals surface area contributed by atoms with Gasteiger partial charge in [-0.15, -0.1) is 0 Å². The second-order valence-electron chi connectivity index (χ2n) is 19.2. The van der Waals surface area contributed by atoms with Crippen LogP contribution in [0.4, 0.5) is 0 Å². The molecule has 0 saturated carbocycles. The van der Waals surface area contributed by atoms with Crippen molar-refractivity contribution < 1.29 is 99.6 Å². The van der Waals surface area contributed by atoms with E-state index < -0.39 is 0 Å². The molecule has 11 nitrogen and oxygen atoms in total. The number of hydrogen-bond donors (Lipinski definition) is 0. The minimum absolute atomic E-state index is 0. The Bertz CT molecular complexity index is 2150. The van der Waals surface area contributed by atoms with Gasteiger partial charge in [-0.25, -0.2) is 0 Å². The topological polar surface area (TPSA) is 90.9 Å². The van der Waals surface area contributed by atoms with Crippen LogP contribution in [0.3, 0.4) is 0 Å². The van der Waals surface area contributed by atoms with Crippen LogP contribution in [0.1, 0.15) is 91.6 Å². The number of ether oxygens (including phenoxy) is 8. The van der Waals surface area contributed by atoms with E-state index in [4.69, 9.17) is 37.9 Å². The van der Waals surface area contributed by atoms with Crippen molar-refractivity contribution in [3.63, 3.8) is 0 Å². The predicted octanol–water partition coefficient (Wildman–Crippen LogP) is 2.36. The second kappa shape index (κ2) is 22.0. The predicted molar refractivity (Wildman–Crippen MR) is 244 cm³/mol. The number of esters is 1. The van der Waals surface area contributed by atoms with Crippen molar-refractivity contribution in [1.29, 1.82) is 0 Å². The second-order valence-corrected chi connectivity index (χ2v) is 19.2. The van der Waals surface area contributed by atoms with Crippen molar-refractivity contribution in [3.05, 3.63) is 82.4 Å². The quantitative estimate of drug-likeness (QED) is 0.0525. The van der Waals surface area contributed by atoms with Gasteiger partial charge in [0.2, 0.25) is 0 Å². The Labute approximate surface area is 422 Å². The molecule has 1 spiro atoms. The molecular formula is C52H72I2N2O9. The molecule has 1 saturated heterocycles. The number of halogens is 2. The lowest BCUT2D eigenvalue weighted by atomic mass is 9.52. The molecule has 2 aliphatic carbocycles. The fourth-order valence-corrected chi connectivity index (χ4v) is 12.3. The van der Waals surface area contributed by atoms with Gasteiger partial charge in [0.25, 0.3) is 0 Å². The number of likely N-dealkylation sites (N-methyl/N-ethyl adjacent to an activating group) is 2. The molecular weight excluding hydrogens is 1050 g/mol. The van der Waals surface area contributed by atoms with E-state index in [9.17, 15) is 4.79 Å². The summed E-state index contributed by atoms with van der Waals surface area (Å²) in [4.78, 5) is 13.1. The fraction of sp³-hybridized carbons (Fsp3) is 0.596. The molecule has 0 amide bonds. The van der Waals surface area contributed by atoms with Crippen molar-refractivity contribution >= 4 is 5.97 Å². The summed E-state index contributed by atoms with van der Waals surface area (Å²) in [6.07, 6.45) is 16.7. The van der Waals surface area contributed by atoms with E-state index in [1.165, 1.54) is 53.5 Å². The minimum atomic E-state index is -0.128. The van der Waals surface area contributed by atoms with E-state index in [2.05, 4.69) is 62.6 Å². The highest BCUT2D eigenvalue weighted by Crippen LogP contribution is 2.63. The molecule has 3 aliphatic heterocycles. The summed E-state index contributed by atoms with van der Waals surface area (Å²) in [5.41, 5.74) is 6.48. The Morgan fingerprint density at radius 2 is 1.37 bits per heavy atom. The summed E-state index contributed by atoms with van der Waals surface area (Å²) in [7, 11) is 15.1. The first-order valence-electron chi connectivity index (χ1n) is 23.4. The van der Waals surface area contributed by atoms with Crippen LogP contribution in [0.5, 0.6) is 34.5 Å². The van der Waals surface area contributed by atoms with Gasteiger partial charge < -0.3 is 94.8 Å². The third kappa shape index (κ3) is 9.83. The molecule has 0 N–H and O–H groups in total. The minimum Gasteiger partial charge on any atom is -1.00 e. The number of piperidine rings is 1. The van der Waals surface area contributed by atoms with Crippen LogP contribution >= 0.6 is 0 Å². The maximum Gasteiger partial charge on any atom is 0.311 e. The Hall–Kier alpha value is -2.99. The van der Waals surface area contributed by atoms with Gasteiger partial charge in [-0.3, -0.25) is 4.79 Å². The zero-order valence-corrected chi connectivity index (χ0v) is 44.2. The summed E-state index contributed by atoms with van der Waals surface area (Å²) in [6.45, 7) is 4.47. The maximum atomic E-state index is 13.1. The average Bonchev–Trinajstić information content (AvgIpc) is 3.66. The lowest BCUT2D eigenvalue weighted by Crippen LogP contribution is -3.00. The molecule has 0 aromatic heterocycles. The SMILES string of the molecule is COc1ccc(C[C@@H]2c3cc(OC)c(OC)cc3CC[N+]2(C)CCCCCCCCCOC(=O)CC[N+]2(C)CC[C@]34c5c6ccc(OC)c5O[C@H]3[C@@H](OC)C=CC4[C@H]2C6)cc1OC.[I-].[I-]. The van der Waals surface area contributed by atoms with Crippen LogP contribution in [0.2, 0.25) is 0 Å². The number of quaternary nitrogens is 2. The van der Waals surface area contributed by atoms with Gasteiger partial charge in [-0.1, -0.05) is 50.0 Å². The number of unbranched alkanes of at least 4 members (excludes halogenated alkanes) is 6. The van der Waals surface area contributed by atoms with Gasteiger partial charge in [0.15, 0.2) is 34.5 Å². The highest BCUT2D eigenvalue weighted by molar-refractivity contribution is 5.69. The number of likely N-dealkylation sites (tertiary alicyclic amines) is 1. The normalized spacial score (nSPS) is 27.5. The zero-order valence-electron chi connectivity index (χ0n) is 39.9. The third-order valence-electron chi connectivity index (χ3n) is 15.9. The van der Waals surface area contributed by atoms with Gasteiger partial charge >= 0.3 is 5.97 Å². The van der Waals surface area contributed by atoms with Crippen LogP contribution in [-0.4, -0.2) is 123 Å². The molecule has 3 aromatic carbocycles. The Balaban J connectivity index is 0.00000350. The molecule has 5 aliphatic rings. The molecule has 3 unspecified atom stereocenters. The first-order valence-corrected chi connectivity index (χ1v) is 23.4. The summed E-state index contributed by atoms with van der Waals surface area (Å²) < 4.78 is 48.9.